The predicted octanol–water partition coefficient (Wildman–Crippen LogP) is 3.94. The zero-order valence-electron chi connectivity index (χ0n) is 13.6. The van der Waals surface area contributed by atoms with E-state index in [9.17, 15) is 8.42 Å². The van der Waals surface area contributed by atoms with Gasteiger partial charge < -0.3 is 0 Å². The van der Waals surface area contributed by atoms with Crippen LogP contribution >= 0.6 is 0 Å². The van der Waals surface area contributed by atoms with Gasteiger partial charge in [0.25, 0.3) is 0 Å². The van der Waals surface area contributed by atoms with Crippen LogP contribution < -0.4 is 0 Å². The molecular formula is C17H27NO2S. The van der Waals surface area contributed by atoms with E-state index in [4.69, 9.17) is 0 Å². The molecule has 0 aliphatic carbocycles. The van der Waals surface area contributed by atoms with E-state index in [1.165, 1.54) is 0 Å². The maximum atomic E-state index is 12.8. The Morgan fingerprint density at radius 3 is 2.33 bits per heavy atom. The molecule has 1 fully saturated rings. The summed E-state index contributed by atoms with van der Waals surface area (Å²) >= 11 is 0. The van der Waals surface area contributed by atoms with Gasteiger partial charge in [-0.1, -0.05) is 46.2 Å². The minimum atomic E-state index is -3.34. The molecule has 0 aromatic heterocycles. The third-order valence-electron chi connectivity index (χ3n) is 4.27. The average Bonchev–Trinajstić information content (AvgIpc) is 2.87. The fraction of sp³-hybridized carbons (Fsp3) is 0.647. The first-order chi connectivity index (χ1) is 9.76. The molecule has 3 nitrogen and oxygen atoms in total. The summed E-state index contributed by atoms with van der Waals surface area (Å²) in [6.07, 6.45) is 3.95. The van der Waals surface area contributed by atoms with E-state index in [-0.39, 0.29) is 11.5 Å². The van der Waals surface area contributed by atoms with E-state index >= 15 is 0 Å². The molecule has 1 atom stereocenters. The van der Waals surface area contributed by atoms with Crippen molar-refractivity contribution >= 4 is 10.0 Å². The Balaban J connectivity index is 2.27. The quantitative estimate of drug-likeness (QED) is 0.845. The molecule has 4 heteroatoms. The van der Waals surface area contributed by atoms with Crippen molar-refractivity contribution in [3.63, 3.8) is 0 Å². The summed E-state index contributed by atoms with van der Waals surface area (Å²) in [5.74, 6) is 0. The summed E-state index contributed by atoms with van der Waals surface area (Å²) in [6, 6.07) is 7.59. The second-order valence-electron chi connectivity index (χ2n) is 6.97. The van der Waals surface area contributed by atoms with E-state index in [1.807, 2.05) is 12.1 Å². The molecular weight excluding hydrogens is 282 g/mol. The lowest BCUT2D eigenvalue weighted by Gasteiger charge is -2.24. The van der Waals surface area contributed by atoms with Crippen molar-refractivity contribution in [3.8, 4) is 0 Å². The normalized spacial score (nSPS) is 20.9. The van der Waals surface area contributed by atoms with Gasteiger partial charge in [0, 0.05) is 12.6 Å². The van der Waals surface area contributed by atoms with Gasteiger partial charge in [-0.25, -0.2) is 8.42 Å². The molecule has 2 rings (SSSR count). The van der Waals surface area contributed by atoms with E-state index in [2.05, 4.69) is 27.7 Å². The first-order valence-corrected chi connectivity index (χ1v) is 9.33. The molecule has 1 saturated heterocycles. The van der Waals surface area contributed by atoms with Crippen molar-refractivity contribution in [1.29, 1.82) is 0 Å². The smallest absolute Gasteiger partial charge is 0.207 e. The Morgan fingerprint density at radius 1 is 1.19 bits per heavy atom. The van der Waals surface area contributed by atoms with Crippen LogP contribution in [0.3, 0.4) is 0 Å². The monoisotopic (exact) mass is 309 g/mol. The highest BCUT2D eigenvalue weighted by molar-refractivity contribution is 7.89. The zero-order valence-corrected chi connectivity index (χ0v) is 14.4. The van der Waals surface area contributed by atoms with Crippen LogP contribution in [0.5, 0.6) is 0 Å². The van der Waals surface area contributed by atoms with Crippen molar-refractivity contribution in [2.24, 2.45) is 0 Å². The van der Waals surface area contributed by atoms with E-state index in [0.29, 0.717) is 11.4 Å². The highest BCUT2D eigenvalue weighted by Crippen LogP contribution is 2.30. The van der Waals surface area contributed by atoms with E-state index < -0.39 is 10.0 Å². The minimum Gasteiger partial charge on any atom is -0.207 e. The van der Waals surface area contributed by atoms with Crippen LogP contribution in [-0.4, -0.2) is 25.3 Å². The molecule has 1 aromatic carbocycles. The Morgan fingerprint density at radius 2 is 1.81 bits per heavy atom. The van der Waals surface area contributed by atoms with Crippen molar-refractivity contribution in [3.05, 3.63) is 29.8 Å². The van der Waals surface area contributed by atoms with E-state index in [0.717, 1.165) is 31.2 Å². The van der Waals surface area contributed by atoms with Gasteiger partial charge in [-0.2, -0.15) is 4.31 Å². The number of rotatable bonds is 4. The van der Waals surface area contributed by atoms with Gasteiger partial charge in [-0.05, 0) is 42.4 Å². The maximum Gasteiger partial charge on any atom is 0.243 e. The Labute approximate surface area is 129 Å². The van der Waals surface area contributed by atoms with Gasteiger partial charge in [0.1, 0.15) is 0 Å². The second-order valence-corrected chi connectivity index (χ2v) is 8.87. The molecule has 0 unspecified atom stereocenters. The first kappa shape index (κ1) is 16.5. The predicted molar refractivity (Wildman–Crippen MR) is 87.0 cm³/mol. The lowest BCUT2D eigenvalue weighted by molar-refractivity contribution is 0.368. The molecule has 1 aliphatic heterocycles. The molecule has 1 heterocycles. The van der Waals surface area contributed by atoms with Crippen LogP contribution in [0.2, 0.25) is 0 Å². The summed E-state index contributed by atoms with van der Waals surface area (Å²) in [4.78, 5) is 0.429. The van der Waals surface area contributed by atoms with Crippen molar-refractivity contribution in [1.82, 2.24) is 4.31 Å². The Bertz CT molecular complexity index is 570. The molecule has 1 aromatic rings. The summed E-state index contributed by atoms with van der Waals surface area (Å²) in [6.45, 7) is 9.17. The zero-order chi connectivity index (χ0) is 15.7. The van der Waals surface area contributed by atoms with Gasteiger partial charge in [0.2, 0.25) is 10.0 Å². The highest BCUT2D eigenvalue weighted by Gasteiger charge is 2.34. The van der Waals surface area contributed by atoms with Crippen molar-refractivity contribution in [2.45, 2.75) is 69.7 Å². The van der Waals surface area contributed by atoms with Crippen molar-refractivity contribution in [2.75, 3.05) is 6.54 Å². The second kappa shape index (κ2) is 6.09. The van der Waals surface area contributed by atoms with Crippen LogP contribution in [0.4, 0.5) is 0 Å². The minimum absolute atomic E-state index is 0.0423. The van der Waals surface area contributed by atoms with Gasteiger partial charge in [-0.3, -0.25) is 0 Å². The molecule has 0 radical (unpaired) electrons. The first-order valence-electron chi connectivity index (χ1n) is 7.89. The largest absolute Gasteiger partial charge is 0.243 e. The fourth-order valence-corrected chi connectivity index (χ4v) is 4.73. The Hall–Kier alpha value is -0.870. The van der Waals surface area contributed by atoms with Gasteiger partial charge in [-0.15, -0.1) is 0 Å². The number of hydrogen-bond donors (Lipinski definition) is 0. The molecule has 0 spiro atoms. The van der Waals surface area contributed by atoms with Crippen LogP contribution in [0.1, 0.15) is 58.9 Å². The Kier molecular flexibility index (Phi) is 4.79. The standard InChI is InChI=1S/C17H27NO2S/c1-5-7-15-8-6-13-18(15)21(19,20)16-11-9-14(10-12-16)17(2,3)4/h9-12,15H,5-8,13H2,1-4H3/t15-/m1/s1. The van der Waals surface area contributed by atoms with Crippen LogP contribution in [0, 0.1) is 0 Å². The van der Waals surface area contributed by atoms with Gasteiger partial charge in [0.15, 0.2) is 0 Å². The number of hydrogen-bond acceptors (Lipinski definition) is 2. The summed E-state index contributed by atoms with van der Waals surface area (Å²) in [5.41, 5.74) is 1.20. The van der Waals surface area contributed by atoms with Crippen LogP contribution in [-0.2, 0) is 15.4 Å². The topological polar surface area (TPSA) is 37.4 Å². The van der Waals surface area contributed by atoms with Crippen molar-refractivity contribution < 1.29 is 8.42 Å². The SMILES string of the molecule is CCC[C@@H]1CCCN1S(=O)(=O)c1ccc(C(C)(C)C)cc1. The molecule has 118 valence electrons. The number of sulfonamides is 1. The van der Waals surface area contributed by atoms with Crippen LogP contribution in [0.15, 0.2) is 29.2 Å². The lowest BCUT2D eigenvalue weighted by Crippen LogP contribution is -2.35. The number of nitrogens with zero attached hydrogens (tertiary/aromatic N) is 1. The fourth-order valence-electron chi connectivity index (χ4n) is 3.01. The van der Waals surface area contributed by atoms with E-state index in [1.54, 1.807) is 16.4 Å². The van der Waals surface area contributed by atoms with Gasteiger partial charge in [0.05, 0.1) is 4.90 Å². The molecule has 0 bridgehead atoms. The molecule has 0 N–H and O–H groups in total. The third-order valence-corrected chi connectivity index (χ3v) is 6.24. The van der Waals surface area contributed by atoms with Gasteiger partial charge >= 0.3 is 0 Å². The molecule has 1 aliphatic rings. The highest BCUT2D eigenvalue weighted by atomic mass is 32.2. The number of benzene rings is 1. The molecule has 0 saturated carbocycles. The summed E-state index contributed by atoms with van der Waals surface area (Å²) in [5, 5.41) is 0. The molecule has 0 amide bonds. The summed E-state index contributed by atoms with van der Waals surface area (Å²) < 4.78 is 27.3. The maximum absolute atomic E-state index is 12.8. The molecule has 21 heavy (non-hydrogen) atoms. The average molecular weight is 309 g/mol. The van der Waals surface area contributed by atoms with Crippen LogP contribution in [0.25, 0.3) is 0 Å². The lowest BCUT2D eigenvalue weighted by atomic mass is 9.87. The summed E-state index contributed by atoms with van der Waals surface area (Å²) in [7, 11) is -3.34. The third kappa shape index (κ3) is 3.49.